The second-order valence-corrected chi connectivity index (χ2v) is 5.52. The second kappa shape index (κ2) is 5.67. The Kier molecular flexibility index (Phi) is 4.21. The van der Waals surface area contributed by atoms with E-state index in [0.29, 0.717) is 12.1 Å². The fourth-order valence-electron chi connectivity index (χ4n) is 2.92. The summed E-state index contributed by atoms with van der Waals surface area (Å²) < 4.78 is 1.87. The summed E-state index contributed by atoms with van der Waals surface area (Å²) in [5.41, 5.74) is 1.29. The van der Waals surface area contributed by atoms with Crippen LogP contribution >= 0.6 is 0 Å². The summed E-state index contributed by atoms with van der Waals surface area (Å²) in [6.45, 7) is 4.57. The molecule has 1 aromatic rings. The van der Waals surface area contributed by atoms with E-state index in [1.165, 1.54) is 37.7 Å². The van der Waals surface area contributed by atoms with Crippen molar-refractivity contribution in [2.75, 3.05) is 0 Å². The quantitative estimate of drug-likeness (QED) is 0.869. The Labute approximate surface area is 105 Å². The number of aromatic nitrogens is 2. The SMILES string of the molecule is CC(N[C@@H](C)C1CCCCC1)c1cnn(C)c1. The van der Waals surface area contributed by atoms with Crippen LogP contribution in [0.1, 0.15) is 57.6 Å². The standard InChI is InChI=1S/C14H25N3/c1-11(13-7-5-4-6-8-13)16-12(2)14-9-15-17(3)10-14/h9-13,16H,4-8H2,1-3H3/t11-,12?/m0/s1. The maximum atomic E-state index is 4.23. The van der Waals surface area contributed by atoms with Crippen molar-refractivity contribution in [2.24, 2.45) is 13.0 Å². The molecular weight excluding hydrogens is 210 g/mol. The smallest absolute Gasteiger partial charge is 0.0537 e. The largest absolute Gasteiger partial charge is 0.307 e. The van der Waals surface area contributed by atoms with E-state index < -0.39 is 0 Å². The Bertz CT molecular complexity index is 339. The van der Waals surface area contributed by atoms with E-state index >= 15 is 0 Å². The van der Waals surface area contributed by atoms with Gasteiger partial charge in [0.05, 0.1) is 6.20 Å². The first-order valence-corrected chi connectivity index (χ1v) is 6.91. The lowest BCUT2D eigenvalue weighted by atomic mass is 9.84. The van der Waals surface area contributed by atoms with Crippen LogP contribution in [-0.2, 0) is 7.05 Å². The van der Waals surface area contributed by atoms with Crippen LogP contribution in [0.25, 0.3) is 0 Å². The third kappa shape index (κ3) is 3.32. The predicted octanol–water partition coefficient (Wildman–Crippen LogP) is 3.04. The van der Waals surface area contributed by atoms with Gasteiger partial charge in [-0.25, -0.2) is 0 Å². The molecule has 17 heavy (non-hydrogen) atoms. The topological polar surface area (TPSA) is 29.9 Å². The van der Waals surface area contributed by atoms with Gasteiger partial charge in [-0.15, -0.1) is 0 Å². The molecule has 0 saturated heterocycles. The monoisotopic (exact) mass is 235 g/mol. The van der Waals surface area contributed by atoms with Gasteiger partial charge in [0.25, 0.3) is 0 Å². The van der Waals surface area contributed by atoms with Crippen LogP contribution in [0.15, 0.2) is 12.4 Å². The molecule has 3 nitrogen and oxygen atoms in total. The Balaban J connectivity index is 1.87. The molecule has 1 aliphatic carbocycles. The molecule has 0 amide bonds. The molecule has 2 rings (SSSR count). The van der Waals surface area contributed by atoms with Crippen LogP contribution in [0.3, 0.4) is 0 Å². The first-order valence-electron chi connectivity index (χ1n) is 6.91. The summed E-state index contributed by atoms with van der Waals surface area (Å²) in [6, 6.07) is 1.02. The first kappa shape index (κ1) is 12.6. The molecule has 1 fully saturated rings. The number of nitrogens with zero attached hydrogens (tertiary/aromatic N) is 2. The van der Waals surface area contributed by atoms with E-state index in [-0.39, 0.29) is 0 Å². The van der Waals surface area contributed by atoms with Gasteiger partial charge in [0.1, 0.15) is 0 Å². The van der Waals surface area contributed by atoms with Crippen molar-refractivity contribution in [1.82, 2.24) is 15.1 Å². The van der Waals surface area contributed by atoms with Gasteiger partial charge >= 0.3 is 0 Å². The number of hydrogen-bond donors (Lipinski definition) is 1. The second-order valence-electron chi connectivity index (χ2n) is 5.52. The molecule has 96 valence electrons. The molecule has 1 unspecified atom stereocenters. The number of aryl methyl sites for hydroxylation is 1. The normalized spacial score (nSPS) is 21.4. The summed E-state index contributed by atoms with van der Waals surface area (Å²) in [4.78, 5) is 0. The van der Waals surface area contributed by atoms with Crippen molar-refractivity contribution in [3.8, 4) is 0 Å². The van der Waals surface area contributed by atoms with Crippen LogP contribution in [-0.4, -0.2) is 15.8 Å². The highest BCUT2D eigenvalue weighted by Gasteiger charge is 2.21. The van der Waals surface area contributed by atoms with Gasteiger partial charge in [0, 0.05) is 30.9 Å². The lowest BCUT2D eigenvalue weighted by molar-refractivity contribution is 0.268. The van der Waals surface area contributed by atoms with Crippen molar-refractivity contribution < 1.29 is 0 Å². The fraction of sp³-hybridized carbons (Fsp3) is 0.786. The zero-order valence-corrected chi connectivity index (χ0v) is 11.3. The van der Waals surface area contributed by atoms with Gasteiger partial charge in [-0.05, 0) is 32.6 Å². The third-order valence-electron chi connectivity index (χ3n) is 4.09. The molecule has 2 atom stereocenters. The number of nitrogens with one attached hydrogen (secondary N) is 1. The fourth-order valence-corrected chi connectivity index (χ4v) is 2.92. The molecule has 1 N–H and O–H groups in total. The Morgan fingerprint density at radius 2 is 2.00 bits per heavy atom. The zero-order valence-electron chi connectivity index (χ0n) is 11.3. The number of hydrogen-bond acceptors (Lipinski definition) is 2. The molecule has 1 heterocycles. The van der Waals surface area contributed by atoms with Crippen LogP contribution in [0, 0.1) is 5.92 Å². The molecule has 3 heteroatoms. The molecule has 0 radical (unpaired) electrons. The van der Waals surface area contributed by atoms with Gasteiger partial charge in [-0.1, -0.05) is 19.3 Å². The zero-order chi connectivity index (χ0) is 12.3. The molecule has 1 aliphatic rings. The molecule has 0 spiro atoms. The summed E-state index contributed by atoms with van der Waals surface area (Å²) in [6.07, 6.45) is 11.1. The Morgan fingerprint density at radius 3 is 2.59 bits per heavy atom. The molecule has 1 saturated carbocycles. The first-order chi connectivity index (χ1) is 8.16. The molecule has 0 aromatic carbocycles. The van der Waals surface area contributed by atoms with Crippen molar-refractivity contribution in [3.63, 3.8) is 0 Å². The van der Waals surface area contributed by atoms with Crippen molar-refractivity contribution >= 4 is 0 Å². The lowest BCUT2D eigenvalue weighted by Gasteiger charge is -2.30. The molecule has 1 aromatic heterocycles. The highest BCUT2D eigenvalue weighted by molar-refractivity contribution is 5.09. The molecule has 0 aliphatic heterocycles. The number of rotatable bonds is 4. The lowest BCUT2D eigenvalue weighted by Crippen LogP contribution is -2.36. The van der Waals surface area contributed by atoms with E-state index in [1.807, 2.05) is 17.9 Å². The molecular formula is C14H25N3. The van der Waals surface area contributed by atoms with Crippen molar-refractivity contribution in [3.05, 3.63) is 18.0 Å². The Hall–Kier alpha value is -0.830. The van der Waals surface area contributed by atoms with E-state index in [1.54, 1.807) is 0 Å². The van der Waals surface area contributed by atoms with Crippen LogP contribution in [0.2, 0.25) is 0 Å². The van der Waals surface area contributed by atoms with Gasteiger partial charge in [-0.2, -0.15) is 5.10 Å². The minimum atomic E-state index is 0.403. The average molecular weight is 235 g/mol. The van der Waals surface area contributed by atoms with E-state index in [9.17, 15) is 0 Å². The Morgan fingerprint density at radius 1 is 1.29 bits per heavy atom. The summed E-state index contributed by atoms with van der Waals surface area (Å²) in [7, 11) is 1.97. The minimum Gasteiger partial charge on any atom is -0.307 e. The summed E-state index contributed by atoms with van der Waals surface area (Å²) in [5, 5.41) is 7.96. The molecule has 0 bridgehead atoms. The maximum Gasteiger partial charge on any atom is 0.0537 e. The van der Waals surface area contributed by atoms with E-state index in [4.69, 9.17) is 0 Å². The van der Waals surface area contributed by atoms with E-state index in [0.717, 1.165) is 5.92 Å². The summed E-state index contributed by atoms with van der Waals surface area (Å²) in [5.74, 6) is 0.864. The minimum absolute atomic E-state index is 0.403. The van der Waals surface area contributed by atoms with Crippen molar-refractivity contribution in [2.45, 2.75) is 58.0 Å². The highest BCUT2D eigenvalue weighted by Crippen LogP contribution is 2.27. The highest BCUT2D eigenvalue weighted by atomic mass is 15.2. The predicted molar refractivity (Wildman–Crippen MR) is 70.8 cm³/mol. The van der Waals surface area contributed by atoms with Crippen LogP contribution in [0.4, 0.5) is 0 Å². The van der Waals surface area contributed by atoms with Crippen LogP contribution in [0.5, 0.6) is 0 Å². The van der Waals surface area contributed by atoms with Gasteiger partial charge in [-0.3, -0.25) is 4.68 Å². The average Bonchev–Trinajstić information content (AvgIpc) is 2.77. The third-order valence-corrected chi connectivity index (χ3v) is 4.09. The summed E-state index contributed by atoms with van der Waals surface area (Å²) >= 11 is 0. The van der Waals surface area contributed by atoms with Gasteiger partial charge < -0.3 is 5.32 Å². The van der Waals surface area contributed by atoms with Gasteiger partial charge in [0.2, 0.25) is 0 Å². The van der Waals surface area contributed by atoms with Crippen molar-refractivity contribution in [1.29, 1.82) is 0 Å². The maximum absolute atomic E-state index is 4.23. The van der Waals surface area contributed by atoms with Gasteiger partial charge in [0.15, 0.2) is 0 Å². The van der Waals surface area contributed by atoms with Crippen LogP contribution < -0.4 is 5.32 Å². The van der Waals surface area contributed by atoms with E-state index in [2.05, 4.69) is 30.5 Å².